The third-order valence-corrected chi connectivity index (χ3v) is 5.31. The molecule has 0 saturated carbocycles. The summed E-state index contributed by atoms with van der Waals surface area (Å²) in [5.41, 5.74) is 4.32. The van der Waals surface area contributed by atoms with E-state index in [-0.39, 0.29) is 11.9 Å². The molecule has 1 aliphatic rings. The normalized spacial score (nSPS) is 15.5. The predicted octanol–water partition coefficient (Wildman–Crippen LogP) is 4.45. The van der Waals surface area contributed by atoms with Gasteiger partial charge in [-0.1, -0.05) is 49.4 Å². The molecule has 0 fully saturated rings. The first-order chi connectivity index (χ1) is 14.7. The Bertz CT molecular complexity index is 1000. The fraction of sp³-hybridized carbons (Fsp3) is 0.333. The first-order valence-corrected chi connectivity index (χ1v) is 10.4. The van der Waals surface area contributed by atoms with Gasteiger partial charge in [0.1, 0.15) is 11.4 Å². The maximum Gasteiger partial charge on any atom is 0.273 e. The molecule has 3 aromatic rings. The van der Waals surface area contributed by atoms with Crippen molar-refractivity contribution in [3.8, 4) is 17.0 Å². The molecular formula is C24H27N3O3. The van der Waals surface area contributed by atoms with Crippen LogP contribution in [0.25, 0.3) is 11.3 Å². The van der Waals surface area contributed by atoms with Gasteiger partial charge in [0.25, 0.3) is 5.91 Å². The van der Waals surface area contributed by atoms with E-state index in [9.17, 15) is 4.79 Å². The number of ether oxygens (including phenoxy) is 2. The third-order valence-electron chi connectivity index (χ3n) is 5.31. The quantitative estimate of drug-likeness (QED) is 0.534. The van der Waals surface area contributed by atoms with Crippen LogP contribution in [-0.2, 0) is 4.74 Å². The Morgan fingerprint density at radius 2 is 1.93 bits per heavy atom. The minimum atomic E-state index is -0.219. The summed E-state index contributed by atoms with van der Waals surface area (Å²) in [6.07, 6.45) is 1.71. The molecule has 0 aliphatic carbocycles. The van der Waals surface area contributed by atoms with Crippen molar-refractivity contribution >= 4 is 5.91 Å². The van der Waals surface area contributed by atoms with Gasteiger partial charge in [-0.05, 0) is 30.5 Å². The molecule has 1 atom stereocenters. The van der Waals surface area contributed by atoms with Crippen LogP contribution in [0.3, 0.4) is 0 Å². The summed E-state index contributed by atoms with van der Waals surface area (Å²) in [4.78, 5) is 15.2. The van der Waals surface area contributed by atoms with Gasteiger partial charge < -0.3 is 14.4 Å². The number of benzene rings is 2. The number of nitrogens with zero attached hydrogens (tertiary/aromatic N) is 2. The SMILES string of the molecule is CCCOc1cccc(C2c3c(-c4ccccc4)n[nH]c3C(=O)N2CCCOC)c1. The van der Waals surface area contributed by atoms with Crippen LogP contribution in [0.1, 0.15) is 47.4 Å². The molecule has 1 unspecified atom stereocenters. The Kier molecular flexibility index (Phi) is 6.14. The number of methoxy groups -OCH3 is 1. The lowest BCUT2D eigenvalue weighted by Gasteiger charge is -2.26. The highest BCUT2D eigenvalue weighted by Crippen LogP contribution is 2.43. The Hall–Kier alpha value is -3.12. The third kappa shape index (κ3) is 3.83. The van der Waals surface area contributed by atoms with Gasteiger partial charge in [-0.25, -0.2) is 0 Å². The second kappa shape index (κ2) is 9.13. The Morgan fingerprint density at radius 3 is 2.70 bits per heavy atom. The standard InChI is InChI=1S/C24H27N3O3/c1-3-14-30-19-12-7-11-18(16-19)23-20-21(17-9-5-4-6-10-17)25-26-22(20)24(28)27(23)13-8-15-29-2/h4-7,9-12,16,23H,3,8,13-15H2,1-2H3,(H,25,26). The van der Waals surface area contributed by atoms with Crippen LogP contribution in [0.5, 0.6) is 5.75 Å². The van der Waals surface area contributed by atoms with Crippen molar-refractivity contribution in [2.75, 3.05) is 26.9 Å². The van der Waals surface area contributed by atoms with Crippen LogP contribution < -0.4 is 4.74 Å². The smallest absolute Gasteiger partial charge is 0.273 e. The number of aromatic nitrogens is 2. The minimum absolute atomic E-state index is 0.0272. The van der Waals surface area contributed by atoms with Gasteiger partial charge in [0.15, 0.2) is 0 Å². The molecule has 1 aliphatic heterocycles. The molecule has 30 heavy (non-hydrogen) atoms. The molecule has 1 aromatic heterocycles. The Labute approximate surface area is 176 Å². The molecule has 6 nitrogen and oxygen atoms in total. The number of H-pyrrole nitrogens is 1. The molecule has 2 heterocycles. The predicted molar refractivity (Wildman–Crippen MR) is 116 cm³/mol. The molecule has 2 aromatic carbocycles. The van der Waals surface area contributed by atoms with Crippen LogP contribution in [-0.4, -0.2) is 47.9 Å². The van der Waals surface area contributed by atoms with Crippen molar-refractivity contribution in [1.82, 2.24) is 15.1 Å². The number of hydrogen-bond donors (Lipinski definition) is 1. The maximum atomic E-state index is 13.3. The van der Waals surface area contributed by atoms with Crippen LogP contribution in [0.2, 0.25) is 0 Å². The monoisotopic (exact) mass is 405 g/mol. The van der Waals surface area contributed by atoms with E-state index >= 15 is 0 Å². The second-order valence-electron chi connectivity index (χ2n) is 7.40. The average molecular weight is 405 g/mol. The number of aromatic amines is 1. The molecule has 1 N–H and O–H groups in total. The summed E-state index contributed by atoms with van der Waals surface area (Å²) in [6, 6.07) is 17.8. The zero-order valence-corrected chi connectivity index (χ0v) is 17.4. The van der Waals surface area contributed by atoms with Gasteiger partial charge in [-0.3, -0.25) is 9.89 Å². The number of nitrogens with one attached hydrogen (secondary N) is 1. The number of amides is 1. The fourth-order valence-corrected chi connectivity index (χ4v) is 3.96. The van der Waals surface area contributed by atoms with Gasteiger partial charge in [0.2, 0.25) is 0 Å². The van der Waals surface area contributed by atoms with Gasteiger partial charge >= 0.3 is 0 Å². The highest BCUT2D eigenvalue weighted by atomic mass is 16.5. The van der Waals surface area contributed by atoms with E-state index in [0.29, 0.717) is 25.5 Å². The van der Waals surface area contributed by atoms with Crippen molar-refractivity contribution < 1.29 is 14.3 Å². The highest BCUT2D eigenvalue weighted by Gasteiger charge is 2.41. The van der Waals surface area contributed by atoms with Gasteiger partial charge in [-0.2, -0.15) is 5.10 Å². The minimum Gasteiger partial charge on any atom is -0.494 e. The summed E-state index contributed by atoms with van der Waals surface area (Å²) in [5, 5.41) is 7.51. The van der Waals surface area contributed by atoms with E-state index in [1.165, 1.54) is 0 Å². The molecule has 156 valence electrons. The lowest BCUT2D eigenvalue weighted by Crippen LogP contribution is -2.31. The van der Waals surface area contributed by atoms with Crippen molar-refractivity contribution in [1.29, 1.82) is 0 Å². The van der Waals surface area contributed by atoms with E-state index in [4.69, 9.17) is 9.47 Å². The van der Waals surface area contributed by atoms with E-state index in [1.54, 1.807) is 7.11 Å². The van der Waals surface area contributed by atoms with E-state index in [0.717, 1.165) is 41.0 Å². The number of rotatable bonds is 9. The van der Waals surface area contributed by atoms with Crippen LogP contribution in [0.15, 0.2) is 54.6 Å². The number of carbonyl (C=O) groups is 1. The number of fused-ring (bicyclic) bond motifs is 1. The largest absolute Gasteiger partial charge is 0.494 e. The molecule has 0 bridgehead atoms. The van der Waals surface area contributed by atoms with Crippen molar-refractivity contribution in [2.45, 2.75) is 25.8 Å². The summed E-state index contributed by atoms with van der Waals surface area (Å²) < 4.78 is 11.1. The van der Waals surface area contributed by atoms with Crippen LogP contribution in [0.4, 0.5) is 0 Å². The van der Waals surface area contributed by atoms with Crippen molar-refractivity contribution in [2.24, 2.45) is 0 Å². The highest BCUT2D eigenvalue weighted by molar-refractivity contribution is 6.00. The molecule has 6 heteroatoms. The summed E-state index contributed by atoms with van der Waals surface area (Å²) >= 11 is 0. The Balaban J connectivity index is 1.77. The molecule has 1 amide bonds. The Morgan fingerprint density at radius 1 is 1.10 bits per heavy atom. The summed E-state index contributed by atoms with van der Waals surface area (Å²) in [6.45, 7) is 3.96. The van der Waals surface area contributed by atoms with Crippen molar-refractivity contribution in [3.05, 3.63) is 71.4 Å². The van der Waals surface area contributed by atoms with Crippen LogP contribution >= 0.6 is 0 Å². The maximum absolute atomic E-state index is 13.3. The van der Waals surface area contributed by atoms with Gasteiger partial charge in [-0.15, -0.1) is 0 Å². The summed E-state index contributed by atoms with van der Waals surface area (Å²) in [7, 11) is 1.68. The molecular weight excluding hydrogens is 378 g/mol. The first-order valence-electron chi connectivity index (χ1n) is 10.4. The molecule has 0 radical (unpaired) electrons. The number of hydrogen-bond acceptors (Lipinski definition) is 4. The second-order valence-corrected chi connectivity index (χ2v) is 7.40. The van der Waals surface area contributed by atoms with E-state index < -0.39 is 0 Å². The molecule has 0 saturated heterocycles. The molecule has 0 spiro atoms. The number of carbonyl (C=O) groups excluding carboxylic acids is 1. The van der Waals surface area contributed by atoms with E-state index in [1.807, 2.05) is 53.4 Å². The van der Waals surface area contributed by atoms with E-state index in [2.05, 4.69) is 23.2 Å². The lowest BCUT2D eigenvalue weighted by atomic mass is 9.96. The first kappa shape index (κ1) is 20.2. The summed E-state index contributed by atoms with van der Waals surface area (Å²) in [5.74, 6) is 0.789. The van der Waals surface area contributed by atoms with Gasteiger partial charge in [0.05, 0.1) is 18.3 Å². The molecule has 4 rings (SSSR count). The zero-order valence-electron chi connectivity index (χ0n) is 17.4. The van der Waals surface area contributed by atoms with Crippen molar-refractivity contribution in [3.63, 3.8) is 0 Å². The zero-order chi connectivity index (χ0) is 20.9. The average Bonchev–Trinajstić information content (AvgIpc) is 3.32. The lowest BCUT2D eigenvalue weighted by molar-refractivity contribution is 0.0723. The van der Waals surface area contributed by atoms with Gasteiger partial charge in [0, 0.05) is 31.4 Å². The fourth-order valence-electron chi connectivity index (χ4n) is 3.96. The van der Waals surface area contributed by atoms with Crippen LogP contribution in [0, 0.1) is 0 Å². The topological polar surface area (TPSA) is 67.5 Å².